The first-order valence-corrected chi connectivity index (χ1v) is 6.55. The van der Waals surface area contributed by atoms with Crippen molar-refractivity contribution in [2.45, 2.75) is 32.5 Å². The lowest BCUT2D eigenvalue weighted by molar-refractivity contribution is 0.0514. The lowest BCUT2D eigenvalue weighted by Gasteiger charge is -2.42. The summed E-state index contributed by atoms with van der Waals surface area (Å²) < 4.78 is 5.49. The van der Waals surface area contributed by atoms with Crippen LogP contribution in [0.15, 0.2) is 16.5 Å². The molecule has 6 heteroatoms. The van der Waals surface area contributed by atoms with Crippen LogP contribution in [0.3, 0.4) is 0 Å². The lowest BCUT2D eigenvalue weighted by Crippen LogP contribution is -2.54. The Morgan fingerprint density at radius 1 is 1.42 bits per heavy atom. The standard InChI is InChI=1S/C13H22N4O2/c1-9-6-17(7-10(2)16(9)3)8-11-4-5-12(19-11)13(18)15-14/h4-5,9-10H,6-8,14H2,1-3H3,(H,15,18). The Hall–Kier alpha value is -1.37. The smallest absolute Gasteiger partial charge is 0.300 e. The van der Waals surface area contributed by atoms with Gasteiger partial charge < -0.3 is 4.42 Å². The zero-order valence-electron chi connectivity index (χ0n) is 11.7. The fourth-order valence-electron chi connectivity index (χ4n) is 2.52. The Balaban J connectivity index is 1.98. The Morgan fingerprint density at radius 3 is 2.63 bits per heavy atom. The number of nitrogens with zero attached hydrogens (tertiary/aromatic N) is 2. The molecule has 0 aliphatic carbocycles. The van der Waals surface area contributed by atoms with Crippen LogP contribution in [0.4, 0.5) is 0 Å². The molecule has 1 aliphatic rings. The number of piperazine rings is 1. The molecule has 1 saturated heterocycles. The number of furan rings is 1. The Bertz CT molecular complexity index is 434. The van der Waals surface area contributed by atoms with E-state index >= 15 is 0 Å². The first-order chi connectivity index (χ1) is 9.01. The molecule has 3 N–H and O–H groups in total. The van der Waals surface area contributed by atoms with Crippen molar-refractivity contribution in [2.24, 2.45) is 5.84 Å². The van der Waals surface area contributed by atoms with Crippen molar-refractivity contribution in [3.05, 3.63) is 23.7 Å². The minimum atomic E-state index is -0.397. The number of nitrogen functional groups attached to an aromatic ring is 1. The van der Waals surface area contributed by atoms with Gasteiger partial charge in [-0.05, 0) is 33.0 Å². The maximum Gasteiger partial charge on any atom is 0.300 e. The highest BCUT2D eigenvalue weighted by Gasteiger charge is 2.27. The zero-order valence-corrected chi connectivity index (χ0v) is 11.7. The molecular formula is C13H22N4O2. The SMILES string of the molecule is CC1CN(Cc2ccc(C(=O)NN)o2)CC(C)N1C. The van der Waals surface area contributed by atoms with Crippen molar-refractivity contribution in [3.8, 4) is 0 Å². The molecule has 2 rings (SSSR count). The second-order valence-corrected chi connectivity index (χ2v) is 5.30. The molecule has 106 valence electrons. The van der Waals surface area contributed by atoms with Gasteiger partial charge in [-0.1, -0.05) is 0 Å². The highest BCUT2D eigenvalue weighted by Crippen LogP contribution is 2.17. The van der Waals surface area contributed by atoms with Crippen molar-refractivity contribution < 1.29 is 9.21 Å². The normalized spacial score (nSPS) is 25.5. The Labute approximate surface area is 113 Å². The molecule has 2 unspecified atom stereocenters. The molecule has 0 radical (unpaired) electrons. The summed E-state index contributed by atoms with van der Waals surface area (Å²) in [6.07, 6.45) is 0. The van der Waals surface area contributed by atoms with Crippen LogP contribution in [-0.4, -0.2) is 47.9 Å². The van der Waals surface area contributed by atoms with Crippen LogP contribution in [0.5, 0.6) is 0 Å². The summed E-state index contributed by atoms with van der Waals surface area (Å²) in [6.45, 7) is 7.16. The van der Waals surface area contributed by atoms with Gasteiger partial charge in [0.25, 0.3) is 0 Å². The molecule has 6 nitrogen and oxygen atoms in total. The number of nitrogens with one attached hydrogen (secondary N) is 1. The van der Waals surface area contributed by atoms with Crippen LogP contribution < -0.4 is 11.3 Å². The number of likely N-dealkylation sites (N-methyl/N-ethyl adjacent to an activating group) is 1. The van der Waals surface area contributed by atoms with E-state index in [0.717, 1.165) is 25.4 Å². The number of nitrogens with two attached hydrogens (primary N) is 1. The first-order valence-electron chi connectivity index (χ1n) is 6.55. The highest BCUT2D eigenvalue weighted by atomic mass is 16.4. The summed E-state index contributed by atoms with van der Waals surface area (Å²) in [7, 11) is 2.16. The van der Waals surface area contributed by atoms with Crippen molar-refractivity contribution in [2.75, 3.05) is 20.1 Å². The van der Waals surface area contributed by atoms with Gasteiger partial charge >= 0.3 is 5.91 Å². The molecule has 2 heterocycles. The molecular weight excluding hydrogens is 244 g/mol. The van der Waals surface area contributed by atoms with Crippen molar-refractivity contribution >= 4 is 5.91 Å². The summed E-state index contributed by atoms with van der Waals surface area (Å²) in [6, 6.07) is 4.52. The second kappa shape index (κ2) is 5.73. The van der Waals surface area contributed by atoms with Gasteiger partial charge in [0.1, 0.15) is 5.76 Å². The van der Waals surface area contributed by atoms with E-state index in [4.69, 9.17) is 10.3 Å². The van der Waals surface area contributed by atoms with Gasteiger partial charge in [-0.3, -0.25) is 20.0 Å². The molecule has 0 aromatic carbocycles. The monoisotopic (exact) mass is 266 g/mol. The van der Waals surface area contributed by atoms with Gasteiger partial charge in [0.15, 0.2) is 5.76 Å². The quantitative estimate of drug-likeness (QED) is 0.471. The fraction of sp³-hybridized carbons (Fsp3) is 0.615. The van der Waals surface area contributed by atoms with Gasteiger partial charge in [0.05, 0.1) is 6.54 Å². The van der Waals surface area contributed by atoms with E-state index in [0.29, 0.717) is 12.1 Å². The predicted molar refractivity (Wildman–Crippen MR) is 72.3 cm³/mol. The Kier molecular flexibility index (Phi) is 4.24. The maximum absolute atomic E-state index is 11.3. The first kappa shape index (κ1) is 14.0. The molecule has 1 amide bonds. The van der Waals surface area contributed by atoms with Gasteiger partial charge in [-0.2, -0.15) is 0 Å². The van der Waals surface area contributed by atoms with E-state index in [9.17, 15) is 4.79 Å². The summed E-state index contributed by atoms with van der Waals surface area (Å²) in [5.74, 6) is 5.73. The van der Waals surface area contributed by atoms with Crippen LogP contribution in [0.2, 0.25) is 0 Å². The third-order valence-electron chi connectivity index (χ3n) is 3.83. The van der Waals surface area contributed by atoms with Crippen molar-refractivity contribution in [3.63, 3.8) is 0 Å². The van der Waals surface area contributed by atoms with Crippen LogP contribution in [0.25, 0.3) is 0 Å². The zero-order chi connectivity index (χ0) is 14.0. The minimum Gasteiger partial charge on any atom is -0.455 e. The van der Waals surface area contributed by atoms with Crippen LogP contribution >= 0.6 is 0 Å². The molecule has 0 bridgehead atoms. The van der Waals surface area contributed by atoms with Gasteiger partial charge in [0.2, 0.25) is 0 Å². The number of carbonyl (C=O) groups is 1. The number of hydrogen-bond donors (Lipinski definition) is 2. The molecule has 0 saturated carbocycles. The number of rotatable bonds is 3. The van der Waals surface area contributed by atoms with Gasteiger partial charge in [-0.25, -0.2) is 5.84 Å². The third kappa shape index (κ3) is 3.15. The van der Waals surface area contributed by atoms with Crippen LogP contribution in [-0.2, 0) is 6.54 Å². The predicted octanol–water partition coefficient (Wildman–Crippen LogP) is 0.408. The van der Waals surface area contributed by atoms with Crippen LogP contribution in [0, 0.1) is 0 Å². The molecule has 2 atom stereocenters. The number of hydrogen-bond acceptors (Lipinski definition) is 5. The average molecular weight is 266 g/mol. The number of amides is 1. The number of carbonyl (C=O) groups excluding carboxylic acids is 1. The molecule has 0 spiro atoms. The fourth-order valence-corrected chi connectivity index (χ4v) is 2.52. The summed E-state index contributed by atoms with van der Waals surface area (Å²) in [4.78, 5) is 16.0. The summed E-state index contributed by atoms with van der Waals surface area (Å²) >= 11 is 0. The molecule has 19 heavy (non-hydrogen) atoms. The summed E-state index contributed by atoms with van der Waals surface area (Å²) in [5.41, 5.74) is 2.07. The van der Waals surface area contributed by atoms with Crippen molar-refractivity contribution in [1.82, 2.24) is 15.2 Å². The Morgan fingerprint density at radius 2 is 2.05 bits per heavy atom. The largest absolute Gasteiger partial charge is 0.455 e. The average Bonchev–Trinajstić information content (AvgIpc) is 2.83. The molecule has 1 aromatic rings. The molecule has 1 fully saturated rings. The summed E-state index contributed by atoms with van der Waals surface area (Å²) in [5, 5.41) is 0. The maximum atomic E-state index is 11.3. The van der Waals surface area contributed by atoms with E-state index in [1.165, 1.54) is 0 Å². The van der Waals surface area contributed by atoms with Gasteiger partial charge in [0, 0.05) is 25.2 Å². The minimum absolute atomic E-state index is 0.257. The van der Waals surface area contributed by atoms with E-state index < -0.39 is 5.91 Å². The third-order valence-corrected chi connectivity index (χ3v) is 3.83. The molecule has 1 aromatic heterocycles. The second-order valence-electron chi connectivity index (χ2n) is 5.30. The van der Waals surface area contributed by atoms with E-state index in [1.54, 1.807) is 6.07 Å². The highest BCUT2D eigenvalue weighted by molar-refractivity contribution is 5.90. The lowest BCUT2D eigenvalue weighted by atomic mass is 10.1. The molecule has 1 aliphatic heterocycles. The van der Waals surface area contributed by atoms with Crippen LogP contribution in [0.1, 0.15) is 30.2 Å². The van der Waals surface area contributed by atoms with Crippen molar-refractivity contribution in [1.29, 1.82) is 0 Å². The topological polar surface area (TPSA) is 74.7 Å². The van der Waals surface area contributed by atoms with E-state index in [2.05, 4.69) is 36.1 Å². The van der Waals surface area contributed by atoms with E-state index in [1.807, 2.05) is 6.07 Å². The van der Waals surface area contributed by atoms with Gasteiger partial charge in [-0.15, -0.1) is 0 Å². The van der Waals surface area contributed by atoms with E-state index in [-0.39, 0.29) is 5.76 Å². The number of hydrazine groups is 1.